The average Bonchev–Trinajstić information content (AvgIpc) is 2.85. The Morgan fingerprint density at radius 1 is 1.30 bits per heavy atom. The Bertz CT molecular complexity index is 427. The lowest BCUT2D eigenvalue weighted by Crippen LogP contribution is -2.51. The molecule has 2 N–H and O–H groups in total. The van der Waals surface area contributed by atoms with Gasteiger partial charge >= 0.3 is 0 Å². The first kappa shape index (κ1) is 15.0. The van der Waals surface area contributed by atoms with Gasteiger partial charge in [0, 0.05) is 12.8 Å². The number of carbonyl (C=O) groups is 1. The Balaban J connectivity index is 1.84. The van der Waals surface area contributed by atoms with Gasteiger partial charge in [-0.05, 0) is 12.0 Å². The van der Waals surface area contributed by atoms with E-state index in [1.807, 2.05) is 30.3 Å². The highest BCUT2D eigenvalue weighted by molar-refractivity contribution is 5.77. The first-order valence-corrected chi connectivity index (χ1v) is 7.39. The van der Waals surface area contributed by atoms with E-state index in [1.165, 1.54) is 12.8 Å². The standard InChI is InChI=1S/C16H24N2O2/c1-18(9-5-6-10-18)12-16(20)17-15(13-19)11-14-7-3-2-4-8-14/h2-4,7-8,15,19H,5-6,9-13H2,1H3/p+1/t15-/m0/s1. The third-order valence-electron chi connectivity index (χ3n) is 4.08. The van der Waals surface area contributed by atoms with Gasteiger partial charge in [0.1, 0.15) is 0 Å². The third-order valence-corrected chi connectivity index (χ3v) is 4.08. The van der Waals surface area contributed by atoms with E-state index in [9.17, 15) is 9.90 Å². The van der Waals surface area contributed by atoms with Gasteiger partial charge in [0.25, 0.3) is 5.91 Å². The Morgan fingerprint density at radius 3 is 2.55 bits per heavy atom. The second-order valence-corrected chi connectivity index (χ2v) is 6.07. The molecule has 1 atom stereocenters. The summed E-state index contributed by atoms with van der Waals surface area (Å²) in [5, 5.41) is 12.4. The van der Waals surface area contributed by atoms with Crippen molar-refractivity contribution in [1.82, 2.24) is 5.32 Å². The van der Waals surface area contributed by atoms with Crippen LogP contribution in [0.3, 0.4) is 0 Å². The zero-order valence-electron chi connectivity index (χ0n) is 12.2. The summed E-state index contributed by atoms with van der Waals surface area (Å²) in [6, 6.07) is 9.75. The maximum Gasteiger partial charge on any atom is 0.275 e. The van der Waals surface area contributed by atoms with Gasteiger partial charge in [-0.1, -0.05) is 30.3 Å². The highest BCUT2D eigenvalue weighted by Gasteiger charge is 2.30. The number of rotatable bonds is 6. The number of likely N-dealkylation sites (N-methyl/N-ethyl adjacent to an activating group) is 1. The van der Waals surface area contributed by atoms with Crippen LogP contribution in [0.4, 0.5) is 0 Å². The third kappa shape index (κ3) is 4.32. The first-order chi connectivity index (χ1) is 9.61. The van der Waals surface area contributed by atoms with Crippen LogP contribution in [0.15, 0.2) is 30.3 Å². The quantitative estimate of drug-likeness (QED) is 0.761. The molecule has 1 fully saturated rings. The predicted octanol–water partition coefficient (Wildman–Crippen LogP) is 0.947. The second-order valence-electron chi connectivity index (χ2n) is 6.07. The fraction of sp³-hybridized carbons (Fsp3) is 0.562. The molecule has 20 heavy (non-hydrogen) atoms. The number of aliphatic hydroxyl groups is 1. The highest BCUT2D eigenvalue weighted by Crippen LogP contribution is 2.15. The van der Waals surface area contributed by atoms with E-state index in [0.717, 1.165) is 23.1 Å². The van der Waals surface area contributed by atoms with Crippen molar-refractivity contribution in [2.24, 2.45) is 0 Å². The van der Waals surface area contributed by atoms with Gasteiger partial charge in [0.05, 0.1) is 32.8 Å². The van der Waals surface area contributed by atoms with Crippen LogP contribution in [0.5, 0.6) is 0 Å². The van der Waals surface area contributed by atoms with Crippen molar-refractivity contribution < 1.29 is 14.4 Å². The zero-order valence-corrected chi connectivity index (χ0v) is 12.2. The fourth-order valence-electron chi connectivity index (χ4n) is 2.94. The lowest BCUT2D eigenvalue weighted by Gasteiger charge is -2.29. The van der Waals surface area contributed by atoms with E-state index >= 15 is 0 Å². The van der Waals surface area contributed by atoms with E-state index in [4.69, 9.17) is 0 Å². The molecule has 4 heteroatoms. The van der Waals surface area contributed by atoms with Gasteiger partial charge in [-0.25, -0.2) is 0 Å². The molecule has 0 radical (unpaired) electrons. The molecule has 0 aliphatic carbocycles. The second kappa shape index (κ2) is 6.86. The van der Waals surface area contributed by atoms with E-state index in [0.29, 0.717) is 13.0 Å². The van der Waals surface area contributed by atoms with Crippen LogP contribution in [0, 0.1) is 0 Å². The number of nitrogens with one attached hydrogen (secondary N) is 1. The van der Waals surface area contributed by atoms with Crippen LogP contribution in [0.25, 0.3) is 0 Å². The summed E-state index contributed by atoms with van der Waals surface area (Å²) < 4.78 is 0.829. The van der Waals surface area contributed by atoms with Crippen molar-refractivity contribution in [3.63, 3.8) is 0 Å². The largest absolute Gasteiger partial charge is 0.394 e. The predicted molar refractivity (Wildman–Crippen MR) is 79.2 cm³/mol. The van der Waals surface area contributed by atoms with Crippen LogP contribution in [0.1, 0.15) is 18.4 Å². The molecule has 0 bridgehead atoms. The number of hydrogen-bond acceptors (Lipinski definition) is 2. The van der Waals surface area contributed by atoms with Crippen LogP contribution in [0.2, 0.25) is 0 Å². The number of likely N-dealkylation sites (tertiary alicyclic amines) is 1. The minimum absolute atomic E-state index is 0.0235. The summed E-state index contributed by atoms with van der Waals surface area (Å²) in [6.45, 7) is 2.65. The van der Waals surface area contributed by atoms with Crippen LogP contribution < -0.4 is 5.32 Å². The van der Waals surface area contributed by atoms with Crippen molar-refractivity contribution >= 4 is 5.91 Å². The number of amides is 1. The number of quaternary nitrogens is 1. The summed E-state index contributed by atoms with van der Waals surface area (Å²) in [4.78, 5) is 12.1. The molecule has 0 saturated carbocycles. The number of nitrogens with zero attached hydrogens (tertiary/aromatic N) is 1. The number of hydrogen-bond donors (Lipinski definition) is 2. The monoisotopic (exact) mass is 277 g/mol. The molecule has 110 valence electrons. The van der Waals surface area contributed by atoms with Crippen LogP contribution in [-0.2, 0) is 11.2 Å². The maximum absolute atomic E-state index is 12.1. The van der Waals surface area contributed by atoms with E-state index in [1.54, 1.807) is 0 Å². The number of benzene rings is 1. The molecule has 4 nitrogen and oxygen atoms in total. The van der Waals surface area contributed by atoms with Gasteiger partial charge < -0.3 is 14.9 Å². The zero-order chi connectivity index (χ0) is 14.4. The Hall–Kier alpha value is -1.39. The summed E-state index contributed by atoms with van der Waals surface area (Å²) in [6.07, 6.45) is 3.08. The van der Waals surface area contributed by atoms with Crippen LogP contribution >= 0.6 is 0 Å². The molecule has 0 aromatic heterocycles. The number of carbonyl (C=O) groups excluding carboxylic acids is 1. The first-order valence-electron chi connectivity index (χ1n) is 7.39. The van der Waals surface area contributed by atoms with Crippen molar-refractivity contribution in [2.75, 3.05) is 33.3 Å². The summed E-state index contributed by atoms with van der Waals surface area (Å²) >= 11 is 0. The van der Waals surface area contributed by atoms with Crippen LogP contribution in [-0.4, -0.2) is 54.8 Å². The number of aliphatic hydroxyl groups excluding tert-OH is 1. The molecule has 1 saturated heterocycles. The molecular weight excluding hydrogens is 252 g/mol. The molecule has 1 aliphatic heterocycles. The molecule has 2 rings (SSSR count). The minimum Gasteiger partial charge on any atom is -0.394 e. The lowest BCUT2D eigenvalue weighted by molar-refractivity contribution is -0.889. The molecule has 0 unspecified atom stereocenters. The molecular formula is C16H25N2O2+. The van der Waals surface area contributed by atoms with Crippen molar-refractivity contribution in [3.8, 4) is 0 Å². The van der Waals surface area contributed by atoms with Gasteiger partial charge in [0.2, 0.25) is 0 Å². The summed E-state index contributed by atoms with van der Waals surface area (Å²) in [7, 11) is 2.14. The SMILES string of the molecule is C[N+]1(CC(=O)N[C@H](CO)Cc2ccccc2)CCCC1. The highest BCUT2D eigenvalue weighted by atomic mass is 16.3. The molecule has 1 aliphatic rings. The topological polar surface area (TPSA) is 49.3 Å². The molecule has 1 aromatic rings. The minimum atomic E-state index is -0.195. The average molecular weight is 277 g/mol. The molecule has 0 spiro atoms. The summed E-state index contributed by atoms with van der Waals surface area (Å²) in [5.74, 6) is 0.0457. The van der Waals surface area contributed by atoms with Crippen molar-refractivity contribution in [2.45, 2.75) is 25.3 Å². The van der Waals surface area contributed by atoms with Crippen molar-refractivity contribution in [3.05, 3.63) is 35.9 Å². The van der Waals surface area contributed by atoms with Gasteiger partial charge in [-0.15, -0.1) is 0 Å². The maximum atomic E-state index is 12.1. The van der Waals surface area contributed by atoms with E-state index in [-0.39, 0.29) is 18.6 Å². The van der Waals surface area contributed by atoms with Gasteiger partial charge in [-0.2, -0.15) is 0 Å². The van der Waals surface area contributed by atoms with E-state index in [2.05, 4.69) is 12.4 Å². The molecule has 1 aromatic carbocycles. The van der Waals surface area contributed by atoms with Crippen molar-refractivity contribution in [1.29, 1.82) is 0 Å². The van der Waals surface area contributed by atoms with Gasteiger partial charge in [0.15, 0.2) is 6.54 Å². The molecule has 1 heterocycles. The van der Waals surface area contributed by atoms with Gasteiger partial charge in [-0.3, -0.25) is 4.79 Å². The molecule has 1 amide bonds. The normalized spacial score (nSPS) is 18.7. The summed E-state index contributed by atoms with van der Waals surface area (Å²) in [5.41, 5.74) is 1.13. The lowest BCUT2D eigenvalue weighted by atomic mass is 10.1. The fourth-order valence-corrected chi connectivity index (χ4v) is 2.94. The smallest absolute Gasteiger partial charge is 0.275 e. The Kier molecular flexibility index (Phi) is 5.15. The Morgan fingerprint density at radius 2 is 1.95 bits per heavy atom. The van der Waals surface area contributed by atoms with E-state index < -0.39 is 0 Å². The Labute approximate surface area is 121 Å².